The van der Waals surface area contributed by atoms with Gasteiger partial charge in [0.15, 0.2) is 0 Å². The molecular weight excluding hydrogens is 315 g/mol. The Hall–Kier alpha value is -0.360. The number of thioether (sulfide) groups is 1. The normalized spacial score (nSPS) is 13.5. The summed E-state index contributed by atoms with van der Waals surface area (Å²) in [4.78, 5) is 0. The molecule has 0 amide bonds. The summed E-state index contributed by atoms with van der Waals surface area (Å²) in [7, 11) is 0. The number of rotatable bonds is 4. The van der Waals surface area contributed by atoms with E-state index in [4.69, 9.17) is 0 Å². The van der Waals surface area contributed by atoms with Gasteiger partial charge < -0.3 is 5.32 Å². The van der Waals surface area contributed by atoms with Gasteiger partial charge in [-0.1, -0.05) is 0 Å². The van der Waals surface area contributed by atoms with E-state index in [2.05, 4.69) is 21.2 Å². The fourth-order valence-electron chi connectivity index (χ4n) is 1.37. The molecule has 0 spiro atoms. The molecule has 0 radical (unpaired) electrons. The van der Waals surface area contributed by atoms with E-state index in [-0.39, 0.29) is 6.04 Å². The molecule has 17 heavy (non-hydrogen) atoms. The first-order valence-corrected chi connectivity index (χ1v) is 7.15. The second kappa shape index (κ2) is 6.00. The number of nitrogens with one attached hydrogen (secondary N) is 1. The summed E-state index contributed by atoms with van der Waals surface area (Å²) in [6, 6.07) is 3.83. The number of alkyl halides is 3. The number of anilines is 1. The maximum atomic E-state index is 12.4. The minimum atomic E-state index is -4.30. The summed E-state index contributed by atoms with van der Waals surface area (Å²) < 4.78 is 37.7. The van der Waals surface area contributed by atoms with Gasteiger partial charge in [-0.3, -0.25) is 0 Å². The Bertz CT molecular complexity index is 381. The molecule has 0 bridgehead atoms. The van der Waals surface area contributed by atoms with Gasteiger partial charge >= 0.3 is 6.18 Å². The third-order valence-corrected chi connectivity index (χ3v) is 3.60. The molecule has 1 nitrogen and oxygen atoms in total. The third-order valence-electron chi connectivity index (χ3n) is 2.11. The van der Waals surface area contributed by atoms with Crippen molar-refractivity contribution in [2.45, 2.75) is 19.1 Å². The van der Waals surface area contributed by atoms with Gasteiger partial charge in [0.25, 0.3) is 0 Å². The molecule has 1 rings (SSSR count). The van der Waals surface area contributed by atoms with Gasteiger partial charge in [-0.25, -0.2) is 0 Å². The highest BCUT2D eigenvalue weighted by Crippen LogP contribution is 2.34. The summed E-state index contributed by atoms with van der Waals surface area (Å²) in [5, 5.41) is 3.15. The van der Waals surface area contributed by atoms with Crippen LogP contribution in [0, 0.1) is 0 Å². The van der Waals surface area contributed by atoms with Crippen LogP contribution >= 0.6 is 27.7 Å². The second-order valence-corrected chi connectivity index (χ2v) is 5.46. The van der Waals surface area contributed by atoms with Crippen molar-refractivity contribution in [3.8, 4) is 0 Å². The summed E-state index contributed by atoms with van der Waals surface area (Å²) in [6.07, 6.45) is -2.31. The second-order valence-electron chi connectivity index (χ2n) is 3.69. The van der Waals surface area contributed by atoms with E-state index in [0.29, 0.717) is 10.2 Å². The van der Waals surface area contributed by atoms with Crippen molar-refractivity contribution < 1.29 is 13.2 Å². The zero-order valence-corrected chi connectivity index (χ0v) is 11.8. The van der Waals surface area contributed by atoms with Crippen molar-refractivity contribution in [3.63, 3.8) is 0 Å². The van der Waals surface area contributed by atoms with Crippen LogP contribution < -0.4 is 5.32 Å². The molecule has 0 saturated carbocycles. The van der Waals surface area contributed by atoms with Gasteiger partial charge in [-0.15, -0.1) is 0 Å². The molecule has 0 fully saturated rings. The number of halogens is 4. The molecule has 0 aliphatic rings. The molecule has 1 N–H and O–H groups in total. The van der Waals surface area contributed by atoms with Gasteiger partial charge in [0, 0.05) is 22.0 Å². The maximum Gasteiger partial charge on any atom is 0.416 e. The lowest BCUT2D eigenvalue weighted by molar-refractivity contribution is -0.137. The Labute approximate surface area is 111 Å². The van der Waals surface area contributed by atoms with E-state index in [1.54, 1.807) is 11.8 Å². The average molecular weight is 328 g/mol. The van der Waals surface area contributed by atoms with E-state index in [1.165, 1.54) is 6.07 Å². The lowest BCUT2D eigenvalue weighted by Crippen LogP contribution is -2.18. The lowest BCUT2D eigenvalue weighted by atomic mass is 10.2. The molecule has 1 aromatic carbocycles. The van der Waals surface area contributed by atoms with E-state index in [9.17, 15) is 13.2 Å². The topological polar surface area (TPSA) is 12.0 Å². The number of benzene rings is 1. The molecular formula is C11H13BrF3NS. The summed E-state index contributed by atoms with van der Waals surface area (Å²) in [6.45, 7) is 1.99. The van der Waals surface area contributed by atoms with Crippen molar-refractivity contribution >= 4 is 33.4 Å². The van der Waals surface area contributed by atoms with E-state index in [1.807, 2.05) is 13.2 Å². The van der Waals surface area contributed by atoms with Crippen molar-refractivity contribution in [1.82, 2.24) is 0 Å². The molecule has 1 unspecified atom stereocenters. The standard InChI is InChI=1S/C11H13BrF3NS/c1-7(6-17-2)16-10-4-3-8(5-9(10)12)11(13,14)15/h3-5,7,16H,6H2,1-2H3. The van der Waals surface area contributed by atoms with Crippen molar-refractivity contribution in [1.29, 1.82) is 0 Å². The first kappa shape index (κ1) is 14.7. The summed E-state index contributed by atoms with van der Waals surface area (Å²) in [5.74, 6) is 0.896. The predicted molar refractivity (Wildman–Crippen MR) is 70.6 cm³/mol. The largest absolute Gasteiger partial charge is 0.416 e. The summed E-state index contributed by atoms with van der Waals surface area (Å²) in [5.41, 5.74) is 0.0343. The molecule has 1 aromatic rings. The van der Waals surface area contributed by atoms with Gasteiger partial charge in [-0.05, 0) is 47.3 Å². The lowest BCUT2D eigenvalue weighted by Gasteiger charge is -2.16. The smallest absolute Gasteiger partial charge is 0.381 e. The predicted octanol–water partition coefficient (Wildman–Crippen LogP) is 4.63. The molecule has 0 aliphatic heterocycles. The Kier molecular flexibility index (Phi) is 5.19. The average Bonchev–Trinajstić information content (AvgIpc) is 2.20. The van der Waals surface area contributed by atoms with Crippen molar-refractivity contribution in [3.05, 3.63) is 28.2 Å². The first-order valence-electron chi connectivity index (χ1n) is 4.97. The zero-order valence-electron chi connectivity index (χ0n) is 9.44. The molecule has 0 saturated heterocycles. The van der Waals surface area contributed by atoms with Crippen LogP contribution in [0.5, 0.6) is 0 Å². The molecule has 1 atom stereocenters. The fourth-order valence-corrected chi connectivity index (χ4v) is 2.44. The van der Waals surface area contributed by atoms with Crippen LogP contribution in [0.4, 0.5) is 18.9 Å². The Morgan fingerprint density at radius 2 is 2.06 bits per heavy atom. The molecule has 6 heteroatoms. The maximum absolute atomic E-state index is 12.4. The number of hydrogen-bond donors (Lipinski definition) is 1. The number of hydrogen-bond acceptors (Lipinski definition) is 2. The van der Waals surface area contributed by atoms with Gasteiger partial charge in [0.1, 0.15) is 0 Å². The van der Waals surface area contributed by atoms with Crippen LogP contribution in [0.15, 0.2) is 22.7 Å². The fraction of sp³-hybridized carbons (Fsp3) is 0.455. The highest BCUT2D eigenvalue weighted by molar-refractivity contribution is 9.10. The van der Waals surface area contributed by atoms with E-state index >= 15 is 0 Å². The van der Waals surface area contributed by atoms with Crippen LogP contribution in [0.1, 0.15) is 12.5 Å². The zero-order chi connectivity index (χ0) is 13.1. The third kappa shape index (κ3) is 4.43. The Morgan fingerprint density at radius 1 is 1.41 bits per heavy atom. The van der Waals surface area contributed by atoms with Gasteiger partial charge in [0.05, 0.1) is 5.56 Å². The van der Waals surface area contributed by atoms with E-state index < -0.39 is 11.7 Å². The van der Waals surface area contributed by atoms with Crippen LogP contribution in [0.3, 0.4) is 0 Å². The van der Waals surface area contributed by atoms with Gasteiger partial charge in [0.2, 0.25) is 0 Å². The highest BCUT2D eigenvalue weighted by atomic mass is 79.9. The molecule has 0 aromatic heterocycles. The van der Waals surface area contributed by atoms with Crippen LogP contribution in [0.25, 0.3) is 0 Å². The van der Waals surface area contributed by atoms with Crippen LogP contribution in [0.2, 0.25) is 0 Å². The molecule has 0 heterocycles. The van der Waals surface area contributed by atoms with Crippen molar-refractivity contribution in [2.24, 2.45) is 0 Å². The Morgan fingerprint density at radius 3 is 2.53 bits per heavy atom. The molecule has 96 valence electrons. The first-order chi connectivity index (χ1) is 7.84. The molecule has 0 aliphatic carbocycles. The minimum Gasteiger partial charge on any atom is -0.381 e. The SMILES string of the molecule is CSCC(C)Nc1ccc(C(F)(F)F)cc1Br. The van der Waals surface area contributed by atoms with Crippen molar-refractivity contribution in [2.75, 3.05) is 17.3 Å². The van der Waals surface area contributed by atoms with Gasteiger partial charge in [-0.2, -0.15) is 24.9 Å². The minimum absolute atomic E-state index is 0.207. The monoisotopic (exact) mass is 327 g/mol. The van der Waals surface area contributed by atoms with E-state index in [0.717, 1.165) is 17.9 Å². The van der Waals surface area contributed by atoms with Crippen LogP contribution in [-0.4, -0.2) is 18.1 Å². The highest BCUT2D eigenvalue weighted by Gasteiger charge is 2.30. The quantitative estimate of drug-likeness (QED) is 0.865. The summed E-state index contributed by atoms with van der Waals surface area (Å²) >= 11 is 4.83. The Balaban J connectivity index is 2.83. The van der Waals surface area contributed by atoms with Crippen LogP contribution in [-0.2, 0) is 6.18 Å².